The lowest BCUT2D eigenvalue weighted by atomic mass is 9.88. The van der Waals surface area contributed by atoms with E-state index in [9.17, 15) is 0 Å². The molecule has 0 aliphatic carbocycles. The number of nitrogens with two attached hydrogens (primary N) is 1. The van der Waals surface area contributed by atoms with E-state index in [1.807, 2.05) is 0 Å². The van der Waals surface area contributed by atoms with Crippen LogP contribution in [-0.2, 0) is 4.74 Å². The van der Waals surface area contributed by atoms with E-state index in [1.165, 1.54) is 6.42 Å². The van der Waals surface area contributed by atoms with Crippen molar-refractivity contribution in [2.24, 2.45) is 5.84 Å². The molecule has 3 N–H and O–H groups in total. The number of nitrogen functional groups attached to an aromatic ring is 1. The molecule has 0 aromatic carbocycles. The van der Waals surface area contributed by atoms with Crippen molar-refractivity contribution < 1.29 is 4.74 Å². The van der Waals surface area contributed by atoms with Gasteiger partial charge in [0.15, 0.2) is 0 Å². The first-order valence-corrected chi connectivity index (χ1v) is 5.32. The molecule has 2 aliphatic rings. The first-order valence-electron chi connectivity index (χ1n) is 5.32. The van der Waals surface area contributed by atoms with Gasteiger partial charge in [0.25, 0.3) is 0 Å². The predicted molar refractivity (Wildman–Crippen MR) is 55.1 cm³/mol. The van der Waals surface area contributed by atoms with E-state index in [0.29, 0.717) is 23.9 Å². The number of hydrogen-bond donors (Lipinski definition) is 2. The fourth-order valence-electron chi connectivity index (χ4n) is 2.54. The predicted octanol–water partition coefficient (Wildman–Crippen LogP) is 0.797. The van der Waals surface area contributed by atoms with Crippen molar-refractivity contribution in [2.45, 2.75) is 37.4 Å². The largest absolute Gasteiger partial charge is 0.374 e. The molecule has 2 saturated heterocycles. The van der Waals surface area contributed by atoms with Gasteiger partial charge in [0.1, 0.15) is 11.6 Å². The minimum absolute atomic E-state index is 0.322. The normalized spacial score (nSPS) is 33.3. The van der Waals surface area contributed by atoms with Crippen LogP contribution in [0, 0.1) is 0 Å². The van der Waals surface area contributed by atoms with Gasteiger partial charge in [0.05, 0.1) is 12.2 Å². The Morgan fingerprint density at radius 3 is 3.07 bits per heavy atom. The number of anilines is 1. The van der Waals surface area contributed by atoms with Crippen LogP contribution in [0.4, 0.5) is 5.82 Å². The lowest BCUT2D eigenvalue weighted by Gasteiger charge is -2.17. The summed E-state index contributed by atoms with van der Waals surface area (Å²) in [5.41, 5.74) is 2.54. The molecule has 2 bridgehead atoms. The van der Waals surface area contributed by atoms with E-state index in [1.54, 1.807) is 12.3 Å². The van der Waals surface area contributed by atoms with Gasteiger partial charge in [0.2, 0.25) is 0 Å². The fraction of sp³-hybridized carbons (Fsp3) is 0.600. The summed E-state index contributed by atoms with van der Waals surface area (Å²) in [6.07, 6.45) is 5.87. The van der Waals surface area contributed by atoms with Crippen LogP contribution in [0.5, 0.6) is 0 Å². The number of nitrogens with one attached hydrogen (secondary N) is 1. The number of hydrogen-bond acceptors (Lipinski definition) is 5. The van der Waals surface area contributed by atoms with Crippen molar-refractivity contribution in [3.8, 4) is 0 Å². The quantitative estimate of drug-likeness (QED) is 0.553. The highest BCUT2D eigenvalue weighted by Gasteiger charge is 2.42. The summed E-state index contributed by atoms with van der Waals surface area (Å²) >= 11 is 0. The van der Waals surface area contributed by atoms with Crippen LogP contribution in [0.2, 0.25) is 0 Å². The highest BCUT2D eigenvalue weighted by molar-refractivity contribution is 5.31. The third-order valence-electron chi connectivity index (χ3n) is 3.26. The third-order valence-corrected chi connectivity index (χ3v) is 3.26. The van der Waals surface area contributed by atoms with Crippen LogP contribution in [0.1, 0.15) is 31.0 Å². The van der Waals surface area contributed by atoms with Crippen molar-refractivity contribution in [3.63, 3.8) is 0 Å². The molecule has 0 saturated carbocycles. The van der Waals surface area contributed by atoms with Gasteiger partial charge in [-0.3, -0.25) is 0 Å². The van der Waals surface area contributed by atoms with E-state index in [-0.39, 0.29) is 0 Å². The summed E-state index contributed by atoms with van der Waals surface area (Å²) in [5.74, 6) is 7.21. The lowest BCUT2D eigenvalue weighted by molar-refractivity contribution is 0.0999. The molecular formula is C10H14N4O. The number of aromatic nitrogens is 2. The van der Waals surface area contributed by atoms with Crippen LogP contribution < -0.4 is 11.3 Å². The summed E-state index contributed by atoms with van der Waals surface area (Å²) in [7, 11) is 0. The average Bonchev–Trinajstić information content (AvgIpc) is 2.91. The summed E-state index contributed by atoms with van der Waals surface area (Å²) < 4.78 is 5.78. The molecule has 3 unspecified atom stereocenters. The highest BCUT2D eigenvalue weighted by Crippen LogP contribution is 2.43. The zero-order chi connectivity index (χ0) is 10.3. The molecule has 3 atom stereocenters. The lowest BCUT2D eigenvalue weighted by Crippen LogP contribution is -2.18. The van der Waals surface area contributed by atoms with Crippen LogP contribution in [0.3, 0.4) is 0 Å². The number of rotatable bonds is 2. The Morgan fingerprint density at radius 1 is 1.47 bits per heavy atom. The van der Waals surface area contributed by atoms with Crippen molar-refractivity contribution >= 4 is 5.82 Å². The molecule has 0 spiro atoms. The maximum absolute atomic E-state index is 5.78. The van der Waals surface area contributed by atoms with Crippen molar-refractivity contribution in [1.82, 2.24) is 9.97 Å². The third kappa shape index (κ3) is 1.48. The van der Waals surface area contributed by atoms with Crippen LogP contribution in [0.15, 0.2) is 12.3 Å². The molecule has 80 valence electrons. The Morgan fingerprint density at radius 2 is 2.40 bits per heavy atom. The second-order valence-electron chi connectivity index (χ2n) is 4.16. The van der Waals surface area contributed by atoms with Crippen molar-refractivity contribution in [1.29, 1.82) is 0 Å². The first-order chi connectivity index (χ1) is 7.36. The van der Waals surface area contributed by atoms with E-state index in [0.717, 1.165) is 18.7 Å². The second-order valence-corrected chi connectivity index (χ2v) is 4.16. The smallest absolute Gasteiger partial charge is 0.143 e. The SMILES string of the molecule is NNc1ccnc(C2CC3CCC2O3)n1. The maximum atomic E-state index is 5.78. The Hall–Kier alpha value is -1.20. The molecule has 3 heterocycles. The zero-order valence-corrected chi connectivity index (χ0v) is 8.39. The van der Waals surface area contributed by atoms with E-state index in [4.69, 9.17) is 10.6 Å². The van der Waals surface area contributed by atoms with E-state index >= 15 is 0 Å². The molecule has 5 heteroatoms. The van der Waals surface area contributed by atoms with Gasteiger partial charge in [-0.1, -0.05) is 0 Å². The second kappa shape index (κ2) is 3.43. The molecule has 0 radical (unpaired) electrons. The maximum Gasteiger partial charge on any atom is 0.143 e. The molecule has 5 nitrogen and oxygen atoms in total. The Labute approximate surface area is 88.0 Å². The van der Waals surface area contributed by atoms with E-state index in [2.05, 4.69) is 15.4 Å². The number of nitrogens with zero attached hydrogens (tertiary/aromatic N) is 2. The Kier molecular flexibility index (Phi) is 2.07. The molecular weight excluding hydrogens is 192 g/mol. The minimum atomic E-state index is 0.322. The number of fused-ring (bicyclic) bond motifs is 2. The average molecular weight is 206 g/mol. The topological polar surface area (TPSA) is 73.1 Å². The molecule has 2 aliphatic heterocycles. The van der Waals surface area contributed by atoms with Gasteiger partial charge in [-0.2, -0.15) is 0 Å². The number of ether oxygens (including phenoxy) is 1. The zero-order valence-electron chi connectivity index (χ0n) is 8.39. The van der Waals surface area contributed by atoms with Crippen LogP contribution in [0.25, 0.3) is 0 Å². The molecule has 2 fully saturated rings. The molecule has 0 amide bonds. The molecule has 1 aromatic rings. The highest BCUT2D eigenvalue weighted by atomic mass is 16.5. The molecule has 3 rings (SSSR count). The molecule has 1 aromatic heterocycles. The fourth-order valence-corrected chi connectivity index (χ4v) is 2.54. The van der Waals surface area contributed by atoms with Gasteiger partial charge in [-0.25, -0.2) is 15.8 Å². The minimum Gasteiger partial charge on any atom is -0.374 e. The van der Waals surface area contributed by atoms with Gasteiger partial charge < -0.3 is 10.2 Å². The van der Waals surface area contributed by atoms with Gasteiger partial charge in [-0.15, -0.1) is 0 Å². The first kappa shape index (κ1) is 9.06. The summed E-state index contributed by atoms with van der Waals surface area (Å²) in [4.78, 5) is 8.67. The van der Waals surface area contributed by atoms with Crippen LogP contribution >= 0.6 is 0 Å². The van der Waals surface area contributed by atoms with E-state index < -0.39 is 0 Å². The summed E-state index contributed by atoms with van der Waals surface area (Å²) in [5, 5.41) is 0. The Balaban J connectivity index is 1.86. The monoisotopic (exact) mass is 206 g/mol. The van der Waals surface area contributed by atoms with Crippen molar-refractivity contribution in [2.75, 3.05) is 5.43 Å². The van der Waals surface area contributed by atoms with Crippen LogP contribution in [-0.4, -0.2) is 22.2 Å². The van der Waals surface area contributed by atoms with Gasteiger partial charge >= 0.3 is 0 Å². The van der Waals surface area contributed by atoms with Crippen molar-refractivity contribution in [3.05, 3.63) is 18.1 Å². The van der Waals surface area contributed by atoms with Gasteiger partial charge in [0, 0.05) is 18.2 Å². The van der Waals surface area contributed by atoms with Gasteiger partial charge in [-0.05, 0) is 19.3 Å². The summed E-state index contributed by atoms with van der Waals surface area (Å²) in [6, 6.07) is 1.76. The number of hydrazine groups is 1. The standard InChI is InChI=1S/C10H14N4O/c11-14-9-3-4-12-10(13-9)7-5-6-1-2-8(7)15-6/h3-4,6-8H,1-2,5,11H2,(H,12,13,14). The summed E-state index contributed by atoms with van der Waals surface area (Å²) in [6.45, 7) is 0. The molecule has 15 heavy (non-hydrogen) atoms. The Bertz CT molecular complexity index is 370.